The lowest BCUT2D eigenvalue weighted by atomic mass is 10.1. The molecule has 0 radical (unpaired) electrons. The molecule has 0 spiro atoms. The van der Waals surface area contributed by atoms with Crippen LogP contribution in [-0.4, -0.2) is 34.5 Å². The molecule has 0 aromatic heterocycles. The summed E-state index contributed by atoms with van der Waals surface area (Å²) < 4.78 is 0. The summed E-state index contributed by atoms with van der Waals surface area (Å²) in [6.45, 7) is 1.82. The summed E-state index contributed by atoms with van der Waals surface area (Å²) in [7, 11) is 0. The number of rotatable bonds is 5. The first kappa shape index (κ1) is 14.6. The average molecular weight is 275 g/mol. The van der Waals surface area contributed by atoms with E-state index < -0.39 is 5.97 Å². The molecule has 0 saturated heterocycles. The van der Waals surface area contributed by atoms with Crippen molar-refractivity contribution >= 4 is 11.9 Å². The van der Waals surface area contributed by atoms with Crippen LogP contribution >= 0.6 is 0 Å². The molecule has 1 aromatic carbocycles. The van der Waals surface area contributed by atoms with Gasteiger partial charge in [0.2, 0.25) is 5.91 Å². The topological polar surface area (TPSA) is 57.6 Å². The fourth-order valence-electron chi connectivity index (χ4n) is 2.76. The molecule has 0 atom stereocenters. The van der Waals surface area contributed by atoms with Gasteiger partial charge in [-0.15, -0.1) is 0 Å². The highest BCUT2D eigenvalue weighted by Crippen LogP contribution is 2.24. The molecule has 0 bridgehead atoms. The Labute approximate surface area is 119 Å². The molecule has 0 aliphatic heterocycles. The van der Waals surface area contributed by atoms with E-state index in [1.54, 1.807) is 4.90 Å². The third kappa shape index (κ3) is 3.83. The molecule has 1 N–H and O–H groups in total. The first-order chi connectivity index (χ1) is 9.56. The number of carbonyl (C=O) groups is 2. The number of nitrogens with zero attached hydrogens (tertiary/aromatic N) is 1. The van der Waals surface area contributed by atoms with E-state index in [0.717, 1.165) is 36.8 Å². The predicted molar refractivity (Wildman–Crippen MR) is 76.5 cm³/mol. The molecule has 1 aromatic rings. The van der Waals surface area contributed by atoms with Crippen molar-refractivity contribution in [3.05, 3.63) is 35.4 Å². The van der Waals surface area contributed by atoms with Crippen LogP contribution < -0.4 is 0 Å². The van der Waals surface area contributed by atoms with Gasteiger partial charge in [-0.05, 0) is 25.3 Å². The number of carbonyl (C=O) groups excluding carboxylic acids is 1. The summed E-state index contributed by atoms with van der Waals surface area (Å²) in [4.78, 5) is 24.9. The second-order valence-corrected chi connectivity index (χ2v) is 5.52. The Bertz CT molecular complexity index is 475. The van der Waals surface area contributed by atoms with Gasteiger partial charge in [-0.3, -0.25) is 9.59 Å². The van der Waals surface area contributed by atoms with E-state index in [9.17, 15) is 9.59 Å². The number of carboxylic acid groups (broad SMARTS) is 1. The summed E-state index contributed by atoms with van der Waals surface area (Å²) in [5.74, 6) is -1.02. The standard InChI is InChI=1S/C16H21NO3/c1-12-6-8-13(9-7-12)10-15(18)17(11-16(19)20)14-4-2-3-5-14/h6-9,14H,2-5,10-11H2,1H3,(H,19,20). The van der Waals surface area contributed by atoms with Gasteiger partial charge >= 0.3 is 5.97 Å². The Morgan fingerprint density at radius 2 is 1.80 bits per heavy atom. The van der Waals surface area contributed by atoms with Gasteiger partial charge in [-0.25, -0.2) is 0 Å². The molecular weight excluding hydrogens is 254 g/mol. The van der Waals surface area contributed by atoms with Crippen molar-refractivity contribution in [1.29, 1.82) is 0 Å². The minimum absolute atomic E-state index is 0.0804. The number of aliphatic carboxylic acids is 1. The Balaban J connectivity index is 2.05. The van der Waals surface area contributed by atoms with E-state index in [-0.39, 0.29) is 24.9 Å². The maximum Gasteiger partial charge on any atom is 0.323 e. The summed E-state index contributed by atoms with van der Waals surface area (Å²) >= 11 is 0. The Morgan fingerprint density at radius 1 is 1.20 bits per heavy atom. The molecular formula is C16H21NO3. The maximum absolute atomic E-state index is 12.4. The van der Waals surface area contributed by atoms with Gasteiger partial charge in [0.1, 0.15) is 6.54 Å². The van der Waals surface area contributed by atoms with Gasteiger partial charge in [0.25, 0.3) is 0 Å². The summed E-state index contributed by atoms with van der Waals surface area (Å²) in [6, 6.07) is 7.91. The number of amides is 1. The molecule has 4 heteroatoms. The molecule has 4 nitrogen and oxygen atoms in total. The number of carboxylic acids is 1. The van der Waals surface area contributed by atoms with E-state index in [4.69, 9.17) is 5.11 Å². The molecule has 20 heavy (non-hydrogen) atoms. The first-order valence-electron chi connectivity index (χ1n) is 7.13. The van der Waals surface area contributed by atoms with Crippen LogP contribution in [0.3, 0.4) is 0 Å². The smallest absolute Gasteiger partial charge is 0.323 e. The molecule has 1 fully saturated rings. The van der Waals surface area contributed by atoms with Crippen molar-refractivity contribution in [2.45, 2.75) is 45.1 Å². The number of aryl methyl sites for hydroxylation is 1. The Kier molecular flexibility index (Phi) is 4.77. The van der Waals surface area contributed by atoms with Crippen LogP contribution in [0.2, 0.25) is 0 Å². The highest BCUT2D eigenvalue weighted by Gasteiger charge is 2.28. The van der Waals surface area contributed by atoms with Gasteiger partial charge in [-0.1, -0.05) is 42.7 Å². The fraction of sp³-hybridized carbons (Fsp3) is 0.500. The van der Waals surface area contributed by atoms with E-state index in [1.165, 1.54) is 0 Å². The summed E-state index contributed by atoms with van der Waals surface area (Å²) in [5, 5.41) is 9.00. The Morgan fingerprint density at radius 3 is 2.35 bits per heavy atom. The number of hydrogen-bond donors (Lipinski definition) is 1. The molecule has 1 aliphatic rings. The van der Waals surface area contributed by atoms with Crippen molar-refractivity contribution in [1.82, 2.24) is 4.90 Å². The van der Waals surface area contributed by atoms with E-state index in [0.29, 0.717) is 0 Å². The zero-order valence-electron chi connectivity index (χ0n) is 11.8. The normalized spacial score (nSPS) is 15.2. The summed E-state index contributed by atoms with van der Waals surface area (Å²) in [5.41, 5.74) is 2.09. The van der Waals surface area contributed by atoms with E-state index in [1.807, 2.05) is 31.2 Å². The van der Waals surface area contributed by atoms with Crippen molar-refractivity contribution < 1.29 is 14.7 Å². The maximum atomic E-state index is 12.4. The van der Waals surface area contributed by atoms with Crippen LogP contribution in [0, 0.1) is 6.92 Å². The summed E-state index contributed by atoms with van der Waals surface area (Å²) in [6.07, 6.45) is 4.29. The van der Waals surface area contributed by atoms with Crippen molar-refractivity contribution in [2.24, 2.45) is 0 Å². The van der Waals surface area contributed by atoms with Gasteiger partial charge < -0.3 is 10.0 Å². The third-order valence-electron chi connectivity index (χ3n) is 3.87. The SMILES string of the molecule is Cc1ccc(CC(=O)N(CC(=O)O)C2CCCC2)cc1. The lowest BCUT2D eigenvalue weighted by Gasteiger charge is -2.27. The van der Waals surface area contributed by atoms with Crippen molar-refractivity contribution in [3.63, 3.8) is 0 Å². The molecule has 0 unspecified atom stereocenters. The lowest BCUT2D eigenvalue weighted by molar-refractivity contribution is -0.145. The predicted octanol–water partition coefficient (Wildman–Crippen LogP) is 2.39. The van der Waals surface area contributed by atoms with Crippen molar-refractivity contribution in [3.8, 4) is 0 Å². The second-order valence-electron chi connectivity index (χ2n) is 5.52. The zero-order chi connectivity index (χ0) is 14.5. The van der Waals surface area contributed by atoms with Gasteiger partial charge in [0, 0.05) is 6.04 Å². The van der Waals surface area contributed by atoms with Crippen LogP contribution in [0.5, 0.6) is 0 Å². The molecule has 2 rings (SSSR count). The van der Waals surface area contributed by atoms with Gasteiger partial charge in [-0.2, -0.15) is 0 Å². The van der Waals surface area contributed by atoms with Gasteiger partial charge in [0.15, 0.2) is 0 Å². The van der Waals surface area contributed by atoms with Crippen molar-refractivity contribution in [2.75, 3.05) is 6.54 Å². The molecule has 1 saturated carbocycles. The number of hydrogen-bond acceptors (Lipinski definition) is 2. The fourth-order valence-corrected chi connectivity index (χ4v) is 2.76. The van der Waals surface area contributed by atoms with Crippen LogP contribution in [0.1, 0.15) is 36.8 Å². The van der Waals surface area contributed by atoms with E-state index >= 15 is 0 Å². The van der Waals surface area contributed by atoms with Crippen LogP contribution in [0.15, 0.2) is 24.3 Å². The largest absolute Gasteiger partial charge is 0.480 e. The highest BCUT2D eigenvalue weighted by atomic mass is 16.4. The highest BCUT2D eigenvalue weighted by molar-refractivity contribution is 5.83. The third-order valence-corrected chi connectivity index (χ3v) is 3.87. The molecule has 1 aliphatic carbocycles. The minimum Gasteiger partial charge on any atom is -0.480 e. The molecule has 0 heterocycles. The minimum atomic E-state index is -0.936. The second kappa shape index (κ2) is 6.55. The monoisotopic (exact) mass is 275 g/mol. The first-order valence-corrected chi connectivity index (χ1v) is 7.13. The zero-order valence-corrected chi connectivity index (χ0v) is 11.8. The molecule has 108 valence electrons. The van der Waals surface area contributed by atoms with Crippen LogP contribution in [-0.2, 0) is 16.0 Å². The van der Waals surface area contributed by atoms with Crippen LogP contribution in [0.4, 0.5) is 0 Å². The van der Waals surface area contributed by atoms with E-state index in [2.05, 4.69) is 0 Å². The lowest BCUT2D eigenvalue weighted by Crippen LogP contribution is -2.43. The average Bonchev–Trinajstić information content (AvgIpc) is 2.92. The van der Waals surface area contributed by atoms with Gasteiger partial charge in [0.05, 0.1) is 6.42 Å². The number of benzene rings is 1. The van der Waals surface area contributed by atoms with Crippen LogP contribution in [0.25, 0.3) is 0 Å². The molecule has 1 amide bonds. The quantitative estimate of drug-likeness (QED) is 0.897. The Hall–Kier alpha value is -1.84.